The first-order valence-corrected chi connectivity index (χ1v) is 8.65. The fourth-order valence-corrected chi connectivity index (χ4v) is 3.09. The van der Waals surface area contributed by atoms with Gasteiger partial charge in [-0.1, -0.05) is 20.8 Å². The van der Waals surface area contributed by atoms with Crippen LogP contribution in [0.25, 0.3) is 0 Å². The smallest absolute Gasteiger partial charge is 0.279 e. The van der Waals surface area contributed by atoms with E-state index in [1.165, 1.54) is 4.31 Å². The maximum atomic E-state index is 12.0. The van der Waals surface area contributed by atoms with Crippen LogP contribution >= 0.6 is 0 Å². The van der Waals surface area contributed by atoms with E-state index in [4.69, 9.17) is 0 Å². The Morgan fingerprint density at radius 2 is 1.95 bits per heavy atom. The summed E-state index contributed by atoms with van der Waals surface area (Å²) in [6.45, 7) is 9.44. The Labute approximate surface area is 118 Å². The van der Waals surface area contributed by atoms with E-state index in [1.54, 1.807) is 7.05 Å². The Morgan fingerprint density at radius 1 is 1.32 bits per heavy atom. The van der Waals surface area contributed by atoms with E-state index in [9.17, 15) is 8.42 Å². The van der Waals surface area contributed by atoms with Crippen LogP contribution in [0.15, 0.2) is 0 Å². The summed E-state index contributed by atoms with van der Waals surface area (Å²) in [5, 5.41) is 3.27. The lowest BCUT2D eigenvalue weighted by atomic mass is 10.1. The number of nitrogens with zero attached hydrogens (tertiary/aromatic N) is 1. The van der Waals surface area contributed by atoms with Gasteiger partial charge in [0, 0.05) is 20.1 Å². The molecule has 5 nitrogen and oxygen atoms in total. The van der Waals surface area contributed by atoms with Crippen molar-refractivity contribution in [1.82, 2.24) is 14.3 Å². The van der Waals surface area contributed by atoms with Gasteiger partial charge in [-0.3, -0.25) is 0 Å². The van der Waals surface area contributed by atoms with Crippen LogP contribution in [0.4, 0.5) is 0 Å². The number of rotatable bonds is 10. The Kier molecular flexibility index (Phi) is 6.23. The molecule has 0 bridgehead atoms. The molecular weight excluding hydrogens is 262 g/mol. The van der Waals surface area contributed by atoms with E-state index in [1.807, 2.05) is 0 Å². The average Bonchev–Trinajstić information content (AvgIpc) is 2.94. The van der Waals surface area contributed by atoms with Gasteiger partial charge in [-0.15, -0.1) is 0 Å². The summed E-state index contributed by atoms with van der Waals surface area (Å²) in [6, 6.07) is 0. The fourth-order valence-electron chi connectivity index (χ4n) is 2.09. The van der Waals surface area contributed by atoms with Crippen LogP contribution in [0.2, 0.25) is 0 Å². The lowest BCUT2D eigenvalue weighted by Gasteiger charge is -2.18. The number of hydrogen-bond donors (Lipinski definition) is 2. The van der Waals surface area contributed by atoms with Gasteiger partial charge in [0.05, 0.1) is 0 Å². The maximum Gasteiger partial charge on any atom is 0.279 e. The molecule has 1 atom stereocenters. The minimum Gasteiger partial charge on any atom is -0.317 e. The quantitative estimate of drug-likeness (QED) is 0.594. The van der Waals surface area contributed by atoms with Gasteiger partial charge in [-0.2, -0.15) is 12.7 Å². The molecular formula is C13H29N3O2S. The molecule has 0 aromatic heterocycles. The molecule has 1 fully saturated rings. The van der Waals surface area contributed by atoms with Crippen molar-refractivity contribution in [1.29, 1.82) is 0 Å². The summed E-state index contributed by atoms with van der Waals surface area (Å²) in [5.41, 5.74) is 0.311. The van der Waals surface area contributed by atoms with E-state index < -0.39 is 10.2 Å². The number of nitrogens with one attached hydrogen (secondary N) is 2. The SMILES string of the molecule is CCCNCCCN(C)S(=O)(=O)NCC1CC1(C)C. The topological polar surface area (TPSA) is 61.4 Å². The third-order valence-electron chi connectivity index (χ3n) is 3.89. The zero-order chi connectivity index (χ0) is 14.5. The minimum atomic E-state index is -3.30. The van der Waals surface area contributed by atoms with Gasteiger partial charge in [0.1, 0.15) is 0 Å². The van der Waals surface area contributed by atoms with Crippen LogP contribution in [0.1, 0.15) is 40.0 Å². The normalized spacial score (nSPS) is 21.8. The molecule has 0 heterocycles. The lowest BCUT2D eigenvalue weighted by molar-refractivity contribution is 0.440. The molecule has 0 radical (unpaired) electrons. The summed E-state index contributed by atoms with van der Waals surface area (Å²) >= 11 is 0. The molecule has 0 amide bonds. The molecule has 1 saturated carbocycles. The third-order valence-corrected chi connectivity index (χ3v) is 5.43. The van der Waals surface area contributed by atoms with Crippen LogP contribution in [-0.4, -0.2) is 45.9 Å². The summed E-state index contributed by atoms with van der Waals surface area (Å²) in [5.74, 6) is 0.488. The molecule has 0 spiro atoms. The summed E-state index contributed by atoms with van der Waals surface area (Å²) in [6.07, 6.45) is 3.05. The van der Waals surface area contributed by atoms with Crippen molar-refractivity contribution in [3.63, 3.8) is 0 Å². The highest BCUT2D eigenvalue weighted by molar-refractivity contribution is 7.87. The Bertz CT molecular complexity index is 368. The Hall–Kier alpha value is -0.170. The van der Waals surface area contributed by atoms with Crippen molar-refractivity contribution < 1.29 is 8.42 Å². The molecule has 1 rings (SSSR count). The van der Waals surface area contributed by atoms with E-state index in [0.29, 0.717) is 24.4 Å². The standard InChI is InChI=1S/C13H29N3O2S/c1-5-7-14-8-6-9-16(4)19(17,18)15-11-12-10-13(12,2)3/h12,14-15H,5-11H2,1-4H3. The van der Waals surface area contributed by atoms with Crippen molar-refractivity contribution in [2.45, 2.75) is 40.0 Å². The van der Waals surface area contributed by atoms with Crippen LogP contribution in [0, 0.1) is 11.3 Å². The second kappa shape index (κ2) is 7.02. The van der Waals surface area contributed by atoms with Crippen molar-refractivity contribution in [3.05, 3.63) is 0 Å². The second-order valence-electron chi connectivity index (χ2n) is 6.17. The van der Waals surface area contributed by atoms with E-state index in [-0.39, 0.29) is 0 Å². The van der Waals surface area contributed by atoms with Gasteiger partial charge in [0.15, 0.2) is 0 Å². The molecule has 1 unspecified atom stereocenters. The molecule has 0 aliphatic heterocycles. The van der Waals surface area contributed by atoms with E-state index >= 15 is 0 Å². The van der Waals surface area contributed by atoms with Crippen molar-refractivity contribution in [2.75, 3.05) is 33.2 Å². The van der Waals surface area contributed by atoms with Crippen LogP contribution in [0.3, 0.4) is 0 Å². The first kappa shape index (κ1) is 16.9. The highest BCUT2D eigenvalue weighted by atomic mass is 32.2. The molecule has 0 aromatic rings. The maximum absolute atomic E-state index is 12.0. The summed E-state index contributed by atoms with van der Waals surface area (Å²) in [4.78, 5) is 0. The fraction of sp³-hybridized carbons (Fsp3) is 1.00. The van der Waals surface area contributed by atoms with Gasteiger partial charge in [0.25, 0.3) is 10.2 Å². The predicted octanol–water partition coefficient (Wildman–Crippen LogP) is 1.19. The average molecular weight is 291 g/mol. The van der Waals surface area contributed by atoms with E-state index in [0.717, 1.165) is 32.4 Å². The third kappa shape index (κ3) is 5.77. The monoisotopic (exact) mass is 291 g/mol. The molecule has 1 aliphatic carbocycles. The van der Waals surface area contributed by atoms with Gasteiger partial charge in [-0.25, -0.2) is 4.72 Å². The minimum absolute atomic E-state index is 0.311. The van der Waals surface area contributed by atoms with Gasteiger partial charge < -0.3 is 5.32 Å². The molecule has 0 saturated heterocycles. The highest BCUT2D eigenvalue weighted by Gasteiger charge is 2.45. The molecule has 6 heteroatoms. The zero-order valence-corrected chi connectivity index (χ0v) is 13.5. The van der Waals surface area contributed by atoms with Crippen LogP contribution in [-0.2, 0) is 10.2 Å². The number of hydrogen-bond acceptors (Lipinski definition) is 3. The first-order chi connectivity index (χ1) is 8.79. The molecule has 1 aliphatic rings. The van der Waals surface area contributed by atoms with Crippen LogP contribution < -0.4 is 10.0 Å². The predicted molar refractivity (Wildman–Crippen MR) is 79.2 cm³/mol. The highest BCUT2D eigenvalue weighted by Crippen LogP contribution is 2.51. The van der Waals surface area contributed by atoms with Crippen molar-refractivity contribution in [2.24, 2.45) is 11.3 Å². The molecule has 19 heavy (non-hydrogen) atoms. The van der Waals surface area contributed by atoms with Crippen molar-refractivity contribution >= 4 is 10.2 Å². The molecule has 0 aromatic carbocycles. The van der Waals surface area contributed by atoms with Gasteiger partial charge in [-0.05, 0) is 43.7 Å². The zero-order valence-electron chi connectivity index (χ0n) is 12.7. The lowest BCUT2D eigenvalue weighted by Crippen LogP contribution is -2.40. The molecule has 2 N–H and O–H groups in total. The molecule has 114 valence electrons. The summed E-state index contributed by atoms with van der Waals surface area (Å²) in [7, 11) is -1.66. The second-order valence-corrected chi connectivity index (χ2v) is 8.03. The van der Waals surface area contributed by atoms with Gasteiger partial charge in [0.2, 0.25) is 0 Å². The Balaban J connectivity index is 2.20. The van der Waals surface area contributed by atoms with Crippen LogP contribution in [0.5, 0.6) is 0 Å². The largest absolute Gasteiger partial charge is 0.317 e. The summed E-state index contributed by atoms with van der Waals surface area (Å²) < 4.78 is 28.1. The van der Waals surface area contributed by atoms with Gasteiger partial charge >= 0.3 is 0 Å². The Morgan fingerprint density at radius 3 is 2.47 bits per heavy atom. The van der Waals surface area contributed by atoms with E-state index in [2.05, 4.69) is 30.8 Å². The van der Waals surface area contributed by atoms with Crippen molar-refractivity contribution in [3.8, 4) is 0 Å². The first-order valence-electron chi connectivity index (χ1n) is 7.21.